The maximum atomic E-state index is 12.9. The molecule has 0 spiro atoms. The monoisotopic (exact) mass is 335 g/mol. The van der Waals surface area contributed by atoms with Crippen molar-refractivity contribution in [2.75, 3.05) is 0 Å². The van der Waals surface area contributed by atoms with Gasteiger partial charge in [-0.15, -0.1) is 0 Å². The summed E-state index contributed by atoms with van der Waals surface area (Å²) in [6.07, 6.45) is 3.78. The van der Waals surface area contributed by atoms with Crippen LogP contribution in [0.2, 0.25) is 0 Å². The molecule has 6 nitrogen and oxygen atoms in total. The van der Waals surface area contributed by atoms with E-state index in [1.165, 1.54) is 0 Å². The van der Waals surface area contributed by atoms with Gasteiger partial charge in [0.05, 0.1) is 36.6 Å². The van der Waals surface area contributed by atoms with Crippen LogP contribution in [-0.2, 0) is 31.4 Å². The van der Waals surface area contributed by atoms with E-state index in [9.17, 15) is 4.79 Å². The Kier molecular flexibility index (Phi) is 5.18. The Bertz CT molecular complexity index is 788. The second-order valence-electron chi connectivity index (χ2n) is 5.97. The van der Waals surface area contributed by atoms with Crippen molar-refractivity contribution in [1.29, 1.82) is 0 Å². The SMILES string of the molecule is Cc1cc(CC(=O)N(Cc2ccccn2)Cc2ccccn2)n(C)n1. The molecule has 0 atom stereocenters. The van der Waals surface area contributed by atoms with Crippen molar-refractivity contribution >= 4 is 5.91 Å². The summed E-state index contributed by atoms with van der Waals surface area (Å²) in [7, 11) is 1.86. The molecule has 0 N–H and O–H groups in total. The zero-order valence-electron chi connectivity index (χ0n) is 14.5. The third-order valence-electron chi connectivity index (χ3n) is 3.94. The molecule has 0 saturated heterocycles. The number of amides is 1. The van der Waals surface area contributed by atoms with E-state index in [0.717, 1.165) is 22.8 Å². The zero-order valence-corrected chi connectivity index (χ0v) is 14.5. The molecule has 6 heteroatoms. The highest BCUT2D eigenvalue weighted by Gasteiger charge is 2.18. The van der Waals surface area contributed by atoms with Gasteiger partial charge < -0.3 is 4.90 Å². The molecule has 0 aliphatic carbocycles. The fourth-order valence-electron chi connectivity index (χ4n) is 2.70. The normalized spacial score (nSPS) is 10.6. The third kappa shape index (κ3) is 4.50. The van der Waals surface area contributed by atoms with E-state index in [0.29, 0.717) is 19.5 Å². The molecule has 0 aliphatic heterocycles. The lowest BCUT2D eigenvalue weighted by molar-refractivity contribution is -0.132. The minimum Gasteiger partial charge on any atom is -0.331 e. The first-order valence-electron chi connectivity index (χ1n) is 8.19. The van der Waals surface area contributed by atoms with Crippen LogP contribution < -0.4 is 0 Å². The van der Waals surface area contributed by atoms with Crippen LogP contribution in [0.15, 0.2) is 54.9 Å². The van der Waals surface area contributed by atoms with Gasteiger partial charge in [-0.25, -0.2) is 0 Å². The molecule has 3 aromatic heterocycles. The van der Waals surface area contributed by atoms with Crippen LogP contribution in [0.25, 0.3) is 0 Å². The Morgan fingerprint density at radius 2 is 1.64 bits per heavy atom. The summed E-state index contributed by atoms with van der Waals surface area (Å²) >= 11 is 0. The molecular weight excluding hydrogens is 314 g/mol. The minimum atomic E-state index is 0.0271. The summed E-state index contributed by atoms with van der Waals surface area (Å²) in [5, 5.41) is 4.31. The van der Waals surface area contributed by atoms with Crippen molar-refractivity contribution in [3.05, 3.63) is 77.6 Å². The topological polar surface area (TPSA) is 63.9 Å². The molecule has 1 amide bonds. The average molecular weight is 335 g/mol. The van der Waals surface area contributed by atoms with Crippen molar-refractivity contribution in [2.45, 2.75) is 26.4 Å². The summed E-state index contributed by atoms with van der Waals surface area (Å²) in [6.45, 7) is 2.83. The number of carbonyl (C=O) groups excluding carboxylic acids is 1. The molecule has 0 bridgehead atoms. The molecule has 0 radical (unpaired) electrons. The van der Waals surface area contributed by atoms with Crippen LogP contribution >= 0.6 is 0 Å². The Morgan fingerprint density at radius 3 is 2.08 bits per heavy atom. The van der Waals surface area contributed by atoms with Crippen molar-refractivity contribution in [3.8, 4) is 0 Å². The molecule has 3 rings (SSSR count). The zero-order chi connectivity index (χ0) is 17.6. The van der Waals surface area contributed by atoms with E-state index >= 15 is 0 Å². The number of aromatic nitrogens is 4. The third-order valence-corrected chi connectivity index (χ3v) is 3.94. The van der Waals surface area contributed by atoms with Gasteiger partial charge in [-0.05, 0) is 37.3 Å². The second-order valence-corrected chi connectivity index (χ2v) is 5.97. The smallest absolute Gasteiger partial charge is 0.229 e. The van der Waals surface area contributed by atoms with Crippen molar-refractivity contribution in [1.82, 2.24) is 24.6 Å². The van der Waals surface area contributed by atoms with Crippen molar-refractivity contribution in [2.24, 2.45) is 7.05 Å². The number of aryl methyl sites for hydroxylation is 2. The van der Waals surface area contributed by atoms with E-state index in [2.05, 4.69) is 15.1 Å². The van der Waals surface area contributed by atoms with E-state index in [-0.39, 0.29) is 5.91 Å². The van der Waals surface area contributed by atoms with E-state index < -0.39 is 0 Å². The number of carbonyl (C=O) groups is 1. The van der Waals surface area contributed by atoms with Gasteiger partial charge in [0, 0.05) is 25.1 Å². The average Bonchev–Trinajstić information content (AvgIpc) is 2.93. The highest BCUT2D eigenvalue weighted by Crippen LogP contribution is 2.11. The van der Waals surface area contributed by atoms with Gasteiger partial charge in [-0.3, -0.25) is 19.4 Å². The van der Waals surface area contributed by atoms with Crippen LogP contribution in [0.1, 0.15) is 22.8 Å². The van der Waals surface area contributed by atoms with E-state index in [1.54, 1.807) is 22.0 Å². The lowest BCUT2D eigenvalue weighted by Gasteiger charge is -2.22. The lowest BCUT2D eigenvalue weighted by Crippen LogP contribution is -2.32. The van der Waals surface area contributed by atoms with Crippen LogP contribution in [0.3, 0.4) is 0 Å². The van der Waals surface area contributed by atoms with Crippen molar-refractivity contribution < 1.29 is 4.79 Å². The quantitative estimate of drug-likeness (QED) is 0.693. The molecule has 0 saturated carbocycles. The lowest BCUT2D eigenvalue weighted by atomic mass is 10.2. The van der Waals surface area contributed by atoms with E-state index in [4.69, 9.17) is 0 Å². The maximum Gasteiger partial charge on any atom is 0.229 e. The minimum absolute atomic E-state index is 0.0271. The van der Waals surface area contributed by atoms with Gasteiger partial charge >= 0.3 is 0 Å². The fourth-order valence-corrected chi connectivity index (χ4v) is 2.70. The molecule has 3 heterocycles. The summed E-state index contributed by atoms with van der Waals surface area (Å²) in [4.78, 5) is 23.4. The molecule has 3 aromatic rings. The Hall–Kier alpha value is -3.02. The first-order chi connectivity index (χ1) is 12.1. The Labute approximate surface area is 147 Å². The van der Waals surface area contributed by atoms with E-state index in [1.807, 2.05) is 56.4 Å². The van der Waals surface area contributed by atoms with Crippen LogP contribution in [0, 0.1) is 6.92 Å². The fraction of sp³-hybridized carbons (Fsp3) is 0.263. The molecule has 128 valence electrons. The van der Waals surface area contributed by atoms with Gasteiger partial charge in [-0.2, -0.15) is 5.10 Å². The van der Waals surface area contributed by atoms with Gasteiger partial charge in [0.15, 0.2) is 0 Å². The van der Waals surface area contributed by atoms with Gasteiger partial charge in [-0.1, -0.05) is 12.1 Å². The predicted molar refractivity (Wildman–Crippen MR) is 94.4 cm³/mol. The van der Waals surface area contributed by atoms with Gasteiger partial charge in [0.1, 0.15) is 0 Å². The van der Waals surface area contributed by atoms with Gasteiger partial charge in [0.25, 0.3) is 0 Å². The molecular formula is C19H21N5O. The molecule has 0 aromatic carbocycles. The Morgan fingerprint density at radius 1 is 1.04 bits per heavy atom. The maximum absolute atomic E-state index is 12.9. The van der Waals surface area contributed by atoms with Crippen LogP contribution in [0.4, 0.5) is 0 Å². The summed E-state index contributed by atoms with van der Waals surface area (Å²) in [5.74, 6) is 0.0271. The predicted octanol–water partition coefficient (Wildman–Crippen LogP) is 2.29. The number of rotatable bonds is 6. The Balaban J connectivity index is 1.79. The van der Waals surface area contributed by atoms with Crippen molar-refractivity contribution in [3.63, 3.8) is 0 Å². The van der Waals surface area contributed by atoms with Crippen LogP contribution in [0.5, 0.6) is 0 Å². The van der Waals surface area contributed by atoms with Gasteiger partial charge in [0.2, 0.25) is 5.91 Å². The number of hydrogen-bond acceptors (Lipinski definition) is 4. The first-order valence-corrected chi connectivity index (χ1v) is 8.19. The number of pyridine rings is 2. The summed E-state index contributed by atoms with van der Waals surface area (Å²) in [6, 6.07) is 13.4. The summed E-state index contributed by atoms with van der Waals surface area (Å²) < 4.78 is 1.76. The molecule has 0 unspecified atom stereocenters. The second kappa shape index (κ2) is 7.70. The van der Waals surface area contributed by atoms with Crippen LogP contribution in [-0.4, -0.2) is 30.6 Å². The highest BCUT2D eigenvalue weighted by atomic mass is 16.2. The molecule has 25 heavy (non-hydrogen) atoms. The summed E-state index contributed by atoms with van der Waals surface area (Å²) in [5.41, 5.74) is 3.52. The number of nitrogens with zero attached hydrogens (tertiary/aromatic N) is 5. The molecule has 0 aliphatic rings. The largest absolute Gasteiger partial charge is 0.331 e. The standard InChI is InChI=1S/C19H21N5O/c1-15-11-18(23(2)22-15)12-19(25)24(13-16-7-3-5-9-20-16)14-17-8-4-6-10-21-17/h3-11H,12-14H2,1-2H3. The molecule has 0 fully saturated rings. The first kappa shape index (κ1) is 16.8. The number of hydrogen-bond donors (Lipinski definition) is 0. The highest BCUT2D eigenvalue weighted by molar-refractivity contribution is 5.78.